The Balaban J connectivity index is 1.53. The number of hydrogen-bond donors (Lipinski definition) is 0. The van der Waals surface area contributed by atoms with Gasteiger partial charge in [0.1, 0.15) is 0 Å². The zero-order chi connectivity index (χ0) is 14.7. The predicted molar refractivity (Wildman–Crippen MR) is 80.6 cm³/mol. The molecule has 5 nitrogen and oxygen atoms in total. The average molecular weight is 310 g/mol. The summed E-state index contributed by atoms with van der Waals surface area (Å²) in [5.74, 6) is -0.0233. The zero-order valence-electron chi connectivity index (χ0n) is 12.0. The van der Waals surface area contributed by atoms with Crippen LogP contribution in [-0.2, 0) is 4.74 Å². The highest BCUT2D eigenvalue weighted by Crippen LogP contribution is 2.18. The monoisotopic (exact) mass is 309 g/mol. The number of amides is 1. The molecule has 0 aliphatic carbocycles. The summed E-state index contributed by atoms with van der Waals surface area (Å²) in [6, 6.07) is 1.66. The number of ether oxygens (including phenoxy) is 1. The standard InChI is InChI=1S/C15H20ClN3O2/c16-14-3-4-17-10-13(14)15(20)19-7-5-18(6-8-19)11-12-2-1-9-21-12/h3-4,10,12H,1-2,5-9,11H2. The number of aromatic nitrogens is 1. The van der Waals surface area contributed by atoms with Crippen molar-refractivity contribution >= 4 is 17.5 Å². The molecular weight excluding hydrogens is 290 g/mol. The lowest BCUT2D eigenvalue weighted by atomic mass is 10.2. The van der Waals surface area contributed by atoms with E-state index in [9.17, 15) is 4.79 Å². The van der Waals surface area contributed by atoms with E-state index < -0.39 is 0 Å². The highest BCUT2D eigenvalue weighted by Gasteiger charge is 2.26. The molecule has 3 heterocycles. The Kier molecular flexibility index (Phi) is 4.73. The van der Waals surface area contributed by atoms with Gasteiger partial charge >= 0.3 is 0 Å². The number of carbonyl (C=O) groups excluding carboxylic acids is 1. The third kappa shape index (κ3) is 3.54. The van der Waals surface area contributed by atoms with Crippen LogP contribution in [0.5, 0.6) is 0 Å². The summed E-state index contributed by atoms with van der Waals surface area (Å²) in [4.78, 5) is 20.7. The van der Waals surface area contributed by atoms with Crippen LogP contribution in [-0.4, -0.2) is 66.1 Å². The van der Waals surface area contributed by atoms with Gasteiger partial charge in [-0.05, 0) is 18.9 Å². The molecule has 6 heteroatoms. The van der Waals surface area contributed by atoms with E-state index in [1.807, 2.05) is 4.90 Å². The first-order valence-electron chi connectivity index (χ1n) is 7.47. The molecular formula is C15H20ClN3O2. The number of rotatable bonds is 3. The quantitative estimate of drug-likeness (QED) is 0.852. The van der Waals surface area contributed by atoms with Crippen molar-refractivity contribution in [2.75, 3.05) is 39.3 Å². The predicted octanol–water partition coefficient (Wildman–Crippen LogP) is 1.67. The lowest BCUT2D eigenvalue weighted by Crippen LogP contribution is -2.50. The van der Waals surface area contributed by atoms with Crippen LogP contribution in [0.2, 0.25) is 5.02 Å². The average Bonchev–Trinajstić information content (AvgIpc) is 3.01. The van der Waals surface area contributed by atoms with Crippen molar-refractivity contribution in [3.8, 4) is 0 Å². The number of piperazine rings is 1. The summed E-state index contributed by atoms with van der Waals surface area (Å²) < 4.78 is 5.67. The van der Waals surface area contributed by atoms with Gasteiger partial charge in [-0.1, -0.05) is 11.6 Å². The van der Waals surface area contributed by atoms with Crippen molar-refractivity contribution in [2.24, 2.45) is 0 Å². The minimum Gasteiger partial charge on any atom is -0.377 e. The van der Waals surface area contributed by atoms with E-state index in [-0.39, 0.29) is 5.91 Å². The van der Waals surface area contributed by atoms with Crippen LogP contribution in [0.3, 0.4) is 0 Å². The molecule has 0 saturated carbocycles. The number of carbonyl (C=O) groups is 1. The molecule has 1 aromatic heterocycles. The van der Waals surface area contributed by atoms with Crippen LogP contribution in [0.4, 0.5) is 0 Å². The normalized spacial score (nSPS) is 23.5. The summed E-state index contributed by atoms with van der Waals surface area (Å²) >= 11 is 6.07. The molecule has 2 saturated heterocycles. The molecule has 1 unspecified atom stereocenters. The first-order valence-corrected chi connectivity index (χ1v) is 7.84. The van der Waals surface area contributed by atoms with Crippen molar-refractivity contribution in [2.45, 2.75) is 18.9 Å². The topological polar surface area (TPSA) is 45.7 Å². The molecule has 0 bridgehead atoms. The van der Waals surface area contributed by atoms with Gasteiger partial charge in [0.25, 0.3) is 5.91 Å². The molecule has 0 radical (unpaired) electrons. The molecule has 0 spiro atoms. The van der Waals surface area contributed by atoms with Crippen molar-refractivity contribution < 1.29 is 9.53 Å². The fourth-order valence-corrected chi connectivity index (χ4v) is 3.10. The highest BCUT2D eigenvalue weighted by atomic mass is 35.5. The first-order chi connectivity index (χ1) is 10.2. The third-order valence-corrected chi connectivity index (χ3v) is 4.47. The van der Waals surface area contributed by atoms with Crippen LogP contribution in [0, 0.1) is 0 Å². The number of nitrogens with zero attached hydrogens (tertiary/aromatic N) is 3. The minimum absolute atomic E-state index is 0.0233. The smallest absolute Gasteiger partial charge is 0.257 e. The summed E-state index contributed by atoms with van der Waals surface area (Å²) in [5.41, 5.74) is 0.492. The second-order valence-corrected chi connectivity index (χ2v) is 5.99. The second-order valence-electron chi connectivity index (χ2n) is 5.58. The third-order valence-electron chi connectivity index (χ3n) is 4.14. The Bertz CT molecular complexity index is 497. The molecule has 0 N–H and O–H groups in total. The highest BCUT2D eigenvalue weighted by molar-refractivity contribution is 6.33. The molecule has 0 aromatic carbocycles. The van der Waals surface area contributed by atoms with Crippen molar-refractivity contribution in [1.82, 2.24) is 14.8 Å². The number of pyridine rings is 1. The van der Waals surface area contributed by atoms with E-state index in [2.05, 4.69) is 9.88 Å². The summed E-state index contributed by atoms with van der Waals surface area (Å²) in [5, 5.41) is 0.469. The van der Waals surface area contributed by atoms with Crippen molar-refractivity contribution in [1.29, 1.82) is 0 Å². The van der Waals surface area contributed by atoms with Crippen LogP contribution in [0.25, 0.3) is 0 Å². The molecule has 114 valence electrons. The van der Waals surface area contributed by atoms with Gasteiger partial charge in [0.15, 0.2) is 0 Å². The molecule has 1 atom stereocenters. The largest absolute Gasteiger partial charge is 0.377 e. The van der Waals surface area contributed by atoms with Gasteiger partial charge in [-0.25, -0.2) is 0 Å². The van der Waals surface area contributed by atoms with E-state index in [0.29, 0.717) is 16.7 Å². The molecule has 2 aliphatic rings. The fraction of sp³-hybridized carbons (Fsp3) is 0.600. The van der Waals surface area contributed by atoms with Crippen LogP contribution in [0.1, 0.15) is 23.2 Å². The maximum absolute atomic E-state index is 12.4. The van der Waals surface area contributed by atoms with Crippen molar-refractivity contribution in [3.63, 3.8) is 0 Å². The summed E-state index contributed by atoms with van der Waals surface area (Å²) in [6.45, 7) is 5.12. The zero-order valence-corrected chi connectivity index (χ0v) is 12.8. The van der Waals surface area contributed by atoms with E-state index in [4.69, 9.17) is 16.3 Å². The maximum atomic E-state index is 12.4. The Morgan fingerprint density at radius 3 is 2.86 bits per heavy atom. The van der Waals surface area contributed by atoms with Gasteiger partial charge in [-0.15, -0.1) is 0 Å². The minimum atomic E-state index is -0.0233. The molecule has 3 rings (SSSR count). The Morgan fingerprint density at radius 1 is 1.38 bits per heavy atom. The van der Waals surface area contributed by atoms with Gasteiger partial charge in [0.05, 0.1) is 16.7 Å². The summed E-state index contributed by atoms with van der Waals surface area (Å²) in [7, 11) is 0. The van der Waals surface area contributed by atoms with Gasteiger partial charge in [-0.2, -0.15) is 0 Å². The van der Waals surface area contributed by atoms with Crippen molar-refractivity contribution in [3.05, 3.63) is 29.0 Å². The lowest BCUT2D eigenvalue weighted by molar-refractivity contribution is 0.0432. The van der Waals surface area contributed by atoms with Gasteiger partial charge < -0.3 is 9.64 Å². The van der Waals surface area contributed by atoms with E-state index in [0.717, 1.165) is 45.8 Å². The molecule has 21 heavy (non-hydrogen) atoms. The van der Waals surface area contributed by atoms with Crippen LogP contribution >= 0.6 is 11.6 Å². The first kappa shape index (κ1) is 14.8. The van der Waals surface area contributed by atoms with Gasteiger partial charge in [-0.3, -0.25) is 14.7 Å². The Labute approximate surface area is 129 Å². The van der Waals surface area contributed by atoms with E-state index in [1.54, 1.807) is 18.5 Å². The second kappa shape index (κ2) is 6.73. The SMILES string of the molecule is O=C(c1cnccc1Cl)N1CCN(CC2CCCO2)CC1. The van der Waals surface area contributed by atoms with E-state index >= 15 is 0 Å². The van der Waals surface area contributed by atoms with Crippen LogP contribution in [0.15, 0.2) is 18.5 Å². The number of hydrogen-bond acceptors (Lipinski definition) is 4. The molecule has 2 aliphatic heterocycles. The lowest BCUT2D eigenvalue weighted by Gasteiger charge is -2.35. The summed E-state index contributed by atoms with van der Waals surface area (Å²) in [6.07, 6.45) is 5.84. The van der Waals surface area contributed by atoms with E-state index in [1.165, 1.54) is 6.42 Å². The van der Waals surface area contributed by atoms with Crippen LogP contribution < -0.4 is 0 Å². The fourth-order valence-electron chi connectivity index (χ4n) is 2.92. The Morgan fingerprint density at radius 2 is 2.19 bits per heavy atom. The Hall–Kier alpha value is -1.17. The number of halogens is 1. The van der Waals surface area contributed by atoms with Gasteiger partial charge in [0, 0.05) is 51.7 Å². The molecule has 1 amide bonds. The maximum Gasteiger partial charge on any atom is 0.257 e. The molecule has 2 fully saturated rings. The molecule has 1 aromatic rings. The van der Waals surface area contributed by atoms with Gasteiger partial charge in [0.2, 0.25) is 0 Å².